The van der Waals surface area contributed by atoms with Gasteiger partial charge in [-0.2, -0.15) is 0 Å². The summed E-state index contributed by atoms with van der Waals surface area (Å²) in [6.45, 7) is 7.20. The van der Waals surface area contributed by atoms with E-state index in [0.717, 1.165) is 29.9 Å². The predicted molar refractivity (Wildman–Crippen MR) is 105 cm³/mol. The molecule has 0 spiro atoms. The lowest BCUT2D eigenvalue weighted by molar-refractivity contribution is -0.128. The molecule has 1 amide bonds. The highest BCUT2D eigenvalue weighted by molar-refractivity contribution is 5.81. The molecule has 1 N–H and O–H groups in total. The highest BCUT2D eigenvalue weighted by Crippen LogP contribution is 2.20. The summed E-state index contributed by atoms with van der Waals surface area (Å²) in [6.07, 6.45) is 1.89. The van der Waals surface area contributed by atoms with Crippen molar-refractivity contribution in [2.45, 2.75) is 46.1 Å². The van der Waals surface area contributed by atoms with E-state index in [1.54, 1.807) is 0 Å². The number of aryl methyl sites for hydroxylation is 2. The van der Waals surface area contributed by atoms with Crippen LogP contribution in [0.5, 0.6) is 11.5 Å². The van der Waals surface area contributed by atoms with E-state index in [2.05, 4.69) is 11.4 Å². The number of carbonyl (C=O) groups excluding carboxylic acids is 1. The van der Waals surface area contributed by atoms with Gasteiger partial charge >= 0.3 is 0 Å². The topological polar surface area (TPSA) is 47.6 Å². The van der Waals surface area contributed by atoms with Crippen LogP contribution < -0.4 is 14.8 Å². The molecule has 0 aliphatic rings. The van der Waals surface area contributed by atoms with E-state index < -0.39 is 6.10 Å². The maximum Gasteiger partial charge on any atom is 0.261 e. The third kappa shape index (κ3) is 5.80. The Balaban J connectivity index is 1.81. The lowest BCUT2D eigenvalue weighted by Crippen LogP contribution is -2.38. The summed E-state index contributed by atoms with van der Waals surface area (Å²) in [6, 6.07) is 15.8. The first-order valence-corrected chi connectivity index (χ1v) is 9.36. The Hall–Kier alpha value is -2.49. The Labute approximate surface area is 156 Å². The molecule has 0 fully saturated rings. The lowest BCUT2D eigenvalue weighted by Gasteiger charge is -2.18. The van der Waals surface area contributed by atoms with Gasteiger partial charge in [0.05, 0.1) is 6.61 Å². The van der Waals surface area contributed by atoms with Crippen LogP contribution in [0.2, 0.25) is 0 Å². The van der Waals surface area contributed by atoms with Crippen molar-refractivity contribution in [3.8, 4) is 11.5 Å². The Bertz CT molecular complexity index is 699. The van der Waals surface area contributed by atoms with E-state index in [-0.39, 0.29) is 5.91 Å². The Morgan fingerprint density at radius 3 is 2.42 bits per heavy atom. The molecule has 0 heterocycles. The van der Waals surface area contributed by atoms with Gasteiger partial charge in [-0.15, -0.1) is 0 Å². The van der Waals surface area contributed by atoms with Gasteiger partial charge in [0.15, 0.2) is 6.10 Å². The van der Waals surface area contributed by atoms with Gasteiger partial charge in [0, 0.05) is 6.54 Å². The first-order valence-electron chi connectivity index (χ1n) is 9.36. The lowest BCUT2D eigenvalue weighted by atomic mass is 10.1. The molecule has 0 saturated heterocycles. The maximum atomic E-state index is 12.4. The molecule has 1 atom stereocenters. The second kappa shape index (κ2) is 10.5. The van der Waals surface area contributed by atoms with E-state index >= 15 is 0 Å². The van der Waals surface area contributed by atoms with E-state index in [1.165, 1.54) is 5.56 Å². The first kappa shape index (κ1) is 19.8. The minimum Gasteiger partial charge on any atom is -0.494 e. The Kier molecular flexibility index (Phi) is 8.00. The van der Waals surface area contributed by atoms with Crippen LogP contribution in [0.15, 0.2) is 48.5 Å². The van der Waals surface area contributed by atoms with Crippen molar-refractivity contribution in [3.05, 3.63) is 59.7 Å². The highest BCUT2D eigenvalue weighted by Gasteiger charge is 2.18. The molecule has 26 heavy (non-hydrogen) atoms. The quantitative estimate of drug-likeness (QED) is 0.647. The van der Waals surface area contributed by atoms with Crippen LogP contribution in [0.25, 0.3) is 0 Å². The molecule has 4 heteroatoms. The monoisotopic (exact) mass is 355 g/mol. The summed E-state index contributed by atoms with van der Waals surface area (Å²) < 4.78 is 11.5. The Morgan fingerprint density at radius 1 is 1.04 bits per heavy atom. The van der Waals surface area contributed by atoms with Crippen molar-refractivity contribution in [1.82, 2.24) is 5.32 Å². The number of hydrogen-bond donors (Lipinski definition) is 1. The fourth-order valence-corrected chi connectivity index (χ4v) is 2.78. The summed E-state index contributed by atoms with van der Waals surface area (Å²) in [4.78, 5) is 12.4. The number of ether oxygens (including phenoxy) is 2. The van der Waals surface area contributed by atoms with Crippen LogP contribution >= 0.6 is 0 Å². The van der Waals surface area contributed by atoms with Gasteiger partial charge in [0.1, 0.15) is 11.5 Å². The normalized spacial score (nSPS) is 11.7. The molecular weight excluding hydrogens is 326 g/mol. The van der Waals surface area contributed by atoms with Crippen molar-refractivity contribution in [1.29, 1.82) is 0 Å². The number of benzene rings is 2. The number of hydrogen-bond acceptors (Lipinski definition) is 3. The minimum atomic E-state index is -0.466. The summed E-state index contributed by atoms with van der Waals surface area (Å²) in [7, 11) is 0. The van der Waals surface area contributed by atoms with Gasteiger partial charge in [-0.25, -0.2) is 0 Å². The molecule has 2 aromatic rings. The van der Waals surface area contributed by atoms with Gasteiger partial charge < -0.3 is 14.8 Å². The number of nitrogens with one attached hydrogen (secondary N) is 1. The van der Waals surface area contributed by atoms with Crippen molar-refractivity contribution in [3.63, 3.8) is 0 Å². The van der Waals surface area contributed by atoms with Crippen LogP contribution in [0.4, 0.5) is 0 Å². The average molecular weight is 355 g/mol. The molecule has 1 unspecified atom stereocenters. The zero-order valence-electron chi connectivity index (χ0n) is 16.0. The summed E-state index contributed by atoms with van der Waals surface area (Å²) in [5.74, 6) is 1.63. The van der Waals surface area contributed by atoms with Crippen LogP contribution in [-0.2, 0) is 11.2 Å². The van der Waals surface area contributed by atoms with Gasteiger partial charge in [0.25, 0.3) is 5.91 Å². The molecule has 2 aromatic carbocycles. The molecular formula is C22H29NO3. The standard InChI is InChI=1S/C22H29NO3/c1-4-19(26-20-14-8-6-11-17(20)3)22(24)23-16-10-13-18-12-7-9-15-21(18)25-5-2/h6-9,11-12,14-15,19H,4-5,10,13,16H2,1-3H3,(H,23,24). The number of carbonyl (C=O) groups is 1. The zero-order valence-corrected chi connectivity index (χ0v) is 16.0. The van der Waals surface area contributed by atoms with Crippen LogP contribution in [0.1, 0.15) is 37.8 Å². The molecule has 0 aromatic heterocycles. The molecule has 140 valence electrons. The van der Waals surface area contributed by atoms with Crippen molar-refractivity contribution < 1.29 is 14.3 Å². The first-order chi connectivity index (χ1) is 12.7. The van der Waals surface area contributed by atoms with E-state index in [4.69, 9.17) is 9.47 Å². The number of para-hydroxylation sites is 2. The average Bonchev–Trinajstić information content (AvgIpc) is 2.66. The molecule has 0 aliphatic carbocycles. The van der Waals surface area contributed by atoms with E-state index in [0.29, 0.717) is 19.6 Å². The summed E-state index contributed by atoms with van der Waals surface area (Å²) in [5.41, 5.74) is 2.21. The van der Waals surface area contributed by atoms with Crippen LogP contribution in [-0.4, -0.2) is 25.2 Å². The fraction of sp³-hybridized carbons (Fsp3) is 0.409. The largest absolute Gasteiger partial charge is 0.494 e. The number of amides is 1. The second-order valence-corrected chi connectivity index (χ2v) is 6.22. The van der Waals surface area contributed by atoms with Crippen molar-refractivity contribution in [2.24, 2.45) is 0 Å². The number of rotatable bonds is 10. The van der Waals surface area contributed by atoms with Gasteiger partial charge in [-0.1, -0.05) is 43.3 Å². The van der Waals surface area contributed by atoms with Crippen molar-refractivity contribution >= 4 is 5.91 Å². The molecule has 0 bridgehead atoms. The third-order valence-electron chi connectivity index (χ3n) is 4.22. The fourth-order valence-electron chi connectivity index (χ4n) is 2.78. The molecule has 4 nitrogen and oxygen atoms in total. The van der Waals surface area contributed by atoms with Crippen LogP contribution in [0.3, 0.4) is 0 Å². The zero-order chi connectivity index (χ0) is 18.8. The Morgan fingerprint density at radius 2 is 1.73 bits per heavy atom. The summed E-state index contributed by atoms with van der Waals surface area (Å²) in [5, 5.41) is 2.99. The molecule has 0 aliphatic heterocycles. The molecule has 0 saturated carbocycles. The van der Waals surface area contributed by atoms with E-state index in [9.17, 15) is 4.79 Å². The van der Waals surface area contributed by atoms with Crippen molar-refractivity contribution in [2.75, 3.05) is 13.2 Å². The van der Waals surface area contributed by atoms with E-state index in [1.807, 2.05) is 63.2 Å². The summed E-state index contributed by atoms with van der Waals surface area (Å²) >= 11 is 0. The van der Waals surface area contributed by atoms with Crippen LogP contribution in [0, 0.1) is 6.92 Å². The third-order valence-corrected chi connectivity index (χ3v) is 4.22. The van der Waals surface area contributed by atoms with Gasteiger partial charge in [-0.05, 0) is 56.4 Å². The highest BCUT2D eigenvalue weighted by atomic mass is 16.5. The smallest absolute Gasteiger partial charge is 0.261 e. The van der Waals surface area contributed by atoms with Gasteiger partial charge in [-0.3, -0.25) is 4.79 Å². The SMILES string of the molecule is CCOc1ccccc1CCCNC(=O)C(CC)Oc1ccccc1C. The predicted octanol–water partition coefficient (Wildman–Crippen LogP) is 4.30. The molecule has 0 radical (unpaired) electrons. The van der Waals surface area contributed by atoms with Gasteiger partial charge in [0.2, 0.25) is 0 Å². The molecule has 2 rings (SSSR count). The second-order valence-electron chi connectivity index (χ2n) is 6.22. The maximum absolute atomic E-state index is 12.4. The minimum absolute atomic E-state index is 0.0613.